The molecular weight excluding hydrogens is 416 g/mol. The number of aromatic nitrogens is 2. The van der Waals surface area contributed by atoms with Gasteiger partial charge in [0, 0.05) is 34.5 Å². The van der Waals surface area contributed by atoms with Crippen LogP contribution < -0.4 is 10.6 Å². The summed E-state index contributed by atoms with van der Waals surface area (Å²) in [6.45, 7) is 9.91. The molecule has 0 fully saturated rings. The van der Waals surface area contributed by atoms with Crippen LogP contribution in [-0.4, -0.2) is 27.5 Å². The first-order valence-electron chi connectivity index (χ1n) is 9.92. The molecule has 0 aliphatic rings. The molecule has 6 nitrogen and oxygen atoms in total. The zero-order valence-corrected chi connectivity index (χ0v) is 19.5. The molecule has 30 heavy (non-hydrogen) atoms. The highest BCUT2D eigenvalue weighted by molar-refractivity contribution is 8.00. The van der Waals surface area contributed by atoms with Crippen molar-refractivity contribution in [2.45, 2.75) is 52.5 Å². The predicted molar refractivity (Wildman–Crippen MR) is 126 cm³/mol. The first-order valence-corrected chi connectivity index (χ1v) is 11.7. The Balaban J connectivity index is 1.74. The van der Waals surface area contributed by atoms with Crippen molar-refractivity contribution < 1.29 is 9.59 Å². The Bertz CT molecular complexity index is 1110. The van der Waals surface area contributed by atoms with Crippen LogP contribution in [0.3, 0.4) is 0 Å². The van der Waals surface area contributed by atoms with Gasteiger partial charge in [0.05, 0.1) is 5.75 Å². The van der Waals surface area contributed by atoms with E-state index in [1.54, 1.807) is 24.3 Å². The fourth-order valence-corrected chi connectivity index (χ4v) is 4.94. The first-order chi connectivity index (χ1) is 14.3. The molecule has 0 bridgehead atoms. The minimum absolute atomic E-state index is 0.0573. The van der Waals surface area contributed by atoms with Gasteiger partial charge < -0.3 is 10.6 Å². The summed E-state index contributed by atoms with van der Waals surface area (Å²) in [4.78, 5) is 35.8. The lowest BCUT2D eigenvalue weighted by Gasteiger charge is -2.11. The average molecular weight is 443 g/mol. The van der Waals surface area contributed by atoms with Crippen molar-refractivity contribution in [3.8, 4) is 0 Å². The molecule has 0 atom stereocenters. The monoisotopic (exact) mass is 442 g/mol. The lowest BCUT2D eigenvalue weighted by atomic mass is 10.1. The van der Waals surface area contributed by atoms with Crippen molar-refractivity contribution in [1.82, 2.24) is 9.97 Å². The molecule has 0 spiro atoms. The quantitative estimate of drug-likeness (QED) is 0.385. The van der Waals surface area contributed by atoms with Crippen molar-refractivity contribution in [2.75, 3.05) is 16.4 Å². The van der Waals surface area contributed by atoms with Crippen LogP contribution in [0.4, 0.5) is 11.4 Å². The van der Waals surface area contributed by atoms with Gasteiger partial charge in [0.25, 0.3) is 0 Å². The van der Waals surface area contributed by atoms with Gasteiger partial charge in [-0.25, -0.2) is 9.97 Å². The Morgan fingerprint density at radius 2 is 1.83 bits per heavy atom. The third kappa shape index (κ3) is 4.99. The molecule has 2 heterocycles. The lowest BCUT2D eigenvalue weighted by molar-refractivity contribution is -0.116. The van der Waals surface area contributed by atoms with E-state index in [0.717, 1.165) is 33.1 Å². The Morgan fingerprint density at radius 3 is 2.53 bits per heavy atom. The van der Waals surface area contributed by atoms with Crippen LogP contribution in [0.15, 0.2) is 23.2 Å². The summed E-state index contributed by atoms with van der Waals surface area (Å²) in [5.41, 5.74) is 3.49. The van der Waals surface area contributed by atoms with Crippen LogP contribution in [0.1, 0.15) is 42.1 Å². The number of thioether (sulfide) groups is 1. The Morgan fingerprint density at radius 1 is 1.07 bits per heavy atom. The molecule has 0 radical (unpaired) electrons. The SMILES string of the molecule is CCC(=O)Nc1cc(NC(=O)CSc2nc(CC)nc3sc(C)c(C)c23)ccc1C. The number of hydrogen-bond donors (Lipinski definition) is 2. The summed E-state index contributed by atoms with van der Waals surface area (Å²) in [6, 6.07) is 5.51. The van der Waals surface area contributed by atoms with Gasteiger partial charge in [-0.1, -0.05) is 31.7 Å². The second-order valence-electron chi connectivity index (χ2n) is 7.03. The second-order valence-corrected chi connectivity index (χ2v) is 9.20. The van der Waals surface area contributed by atoms with E-state index in [2.05, 4.69) is 34.4 Å². The van der Waals surface area contributed by atoms with Crippen molar-refractivity contribution in [1.29, 1.82) is 0 Å². The van der Waals surface area contributed by atoms with E-state index >= 15 is 0 Å². The molecule has 0 aliphatic heterocycles. The van der Waals surface area contributed by atoms with Crippen molar-refractivity contribution in [3.05, 3.63) is 40.0 Å². The van der Waals surface area contributed by atoms with Gasteiger partial charge in [-0.05, 0) is 44.0 Å². The number of thiophene rings is 1. The molecule has 0 unspecified atom stereocenters. The van der Waals surface area contributed by atoms with Crippen molar-refractivity contribution >= 4 is 56.5 Å². The van der Waals surface area contributed by atoms with Gasteiger partial charge in [-0.2, -0.15) is 0 Å². The van der Waals surface area contributed by atoms with Crippen LogP contribution in [-0.2, 0) is 16.0 Å². The molecular formula is C22H26N4O2S2. The molecule has 0 aliphatic carbocycles. The molecule has 3 rings (SSSR count). The number of anilines is 2. The van der Waals surface area contributed by atoms with Gasteiger partial charge in [-0.15, -0.1) is 11.3 Å². The number of fused-ring (bicyclic) bond motifs is 1. The summed E-state index contributed by atoms with van der Waals surface area (Å²) in [6.07, 6.45) is 1.16. The number of carbonyl (C=O) groups is 2. The van der Waals surface area contributed by atoms with Gasteiger partial charge in [0.1, 0.15) is 15.7 Å². The number of carbonyl (C=O) groups excluding carboxylic acids is 2. The second kappa shape index (κ2) is 9.57. The van der Waals surface area contributed by atoms with E-state index in [1.807, 2.05) is 26.0 Å². The Kier molecular flexibility index (Phi) is 7.10. The molecule has 3 aromatic rings. The predicted octanol–water partition coefficient (Wildman–Crippen LogP) is 5.26. The highest BCUT2D eigenvalue weighted by Gasteiger charge is 2.16. The lowest BCUT2D eigenvalue weighted by Crippen LogP contribution is -2.15. The highest BCUT2D eigenvalue weighted by Crippen LogP contribution is 2.35. The number of rotatable bonds is 7. The number of amides is 2. The number of aryl methyl sites for hydroxylation is 4. The normalized spacial score (nSPS) is 11.0. The van der Waals surface area contributed by atoms with Gasteiger partial charge in [0.15, 0.2) is 0 Å². The molecule has 158 valence electrons. The fourth-order valence-electron chi connectivity index (χ4n) is 2.92. The van der Waals surface area contributed by atoms with E-state index < -0.39 is 0 Å². The molecule has 0 saturated carbocycles. The van der Waals surface area contributed by atoms with Crippen molar-refractivity contribution in [2.24, 2.45) is 0 Å². The zero-order chi connectivity index (χ0) is 21.8. The Hall–Kier alpha value is -2.45. The summed E-state index contributed by atoms with van der Waals surface area (Å²) in [5, 5.41) is 7.68. The van der Waals surface area contributed by atoms with Crippen LogP contribution in [0.2, 0.25) is 0 Å². The Labute approximate surface area is 184 Å². The van der Waals surface area contributed by atoms with Crippen LogP contribution in [0.25, 0.3) is 10.2 Å². The van der Waals surface area contributed by atoms with Gasteiger partial charge in [0.2, 0.25) is 11.8 Å². The number of hydrogen-bond acceptors (Lipinski definition) is 6. The summed E-state index contributed by atoms with van der Waals surface area (Å²) in [7, 11) is 0. The van der Waals surface area contributed by atoms with E-state index in [4.69, 9.17) is 0 Å². The maximum Gasteiger partial charge on any atom is 0.234 e. The van der Waals surface area contributed by atoms with E-state index in [-0.39, 0.29) is 17.6 Å². The largest absolute Gasteiger partial charge is 0.326 e. The number of benzene rings is 1. The fraction of sp³-hybridized carbons (Fsp3) is 0.364. The number of nitrogens with zero attached hydrogens (tertiary/aromatic N) is 2. The van der Waals surface area contributed by atoms with Crippen LogP contribution in [0, 0.1) is 20.8 Å². The van der Waals surface area contributed by atoms with E-state index in [9.17, 15) is 9.59 Å². The molecule has 2 N–H and O–H groups in total. The average Bonchev–Trinajstić information content (AvgIpc) is 3.02. The summed E-state index contributed by atoms with van der Waals surface area (Å²) in [5.74, 6) is 0.860. The summed E-state index contributed by atoms with van der Waals surface area (Å²) < 4.78 is 0. The minimum Gasteiger partial charge on any atom is -0.326 e. The zero-order valence-electron chi connectivity index (χ0n) is 17.9. The van der Waals surface area contributed by atoms with Crippen LogP contribution >= 0.6 is 23.1 Å². The maximum atomic E-state index is 12.6. The van der Waals surface area contributed by atoms with Crippen molar-refractivity contribution in [3.63, 3.8) is 0 Å². The van der Waals surface area contributed by atoms with Gasteiger partial charge in [-0.3, -0.25) is 9.59 Å². The van der Waals surface area contributed by atoms with Crippen LogP contribution in [0.5, 0.6) is 0 Å². The van der Waals surface area contributed by atoms with E-state index in [1.165, 1.54) is 22.2 Å². The molecule has 0 saturated heterocycles. The molecule has 2 amide bonds. The molecule has 1 aromatic carbocycles. The molecule has 8 heteroatoms. The summed E-state index contributed by atoms with van der Waals surface area (Å²) >= 11 is 3.10. The topological polar surface area (TPSA) is 84.0 Å². The standard InChI is InChI=1S/C22H26N4O2S2/c1-6-17-25-21(20-13(4)14(5)30-22(20)26-17)29-11-19(28)23-15-9-8-12(3)16(10-15)24-18(27)7-2/h8-10H,6-7,11H2,1-5H3,(H,23,28)(H,24,27). The minimum atomic E-state index is -0.119. The highest BCUT2D eigenvalue weighted by atomic mass is 32.2. The maximum absolute atomic E-state index is 12.6. The number of nitrogens with one attached hydrogen (secondary N) is 2. The van der Waals surface area contributed by atoms with Gasteiger partial charge >= 0.3 is 0 Å². The third-order valence-corrected chi connectivity index (χ3v) is 6.89. The molecule has 2 aromatic heterocycles. The smallest absolute Gasteiger partial charge is 0.234 e. The first kappa shape index (κ1) is 22.2. The van der Waals surface area contributed by atoms with E-state index in [0.29, 0.717) is 17.8 Å². The third-order valence-electron chi connectivity index (χ3n) is 4.81.